The molecule has 0 spiro atoms. The van der Waals surface area contributed by atoms with Crippen molar-refractivity contribution in [2.45, 2.75) is 19.9 Å². The molecule has 2 N–H and O–H groups in total. The number of nitrogens with two attached hydrogens (primary N) is 1. The lowest BCUT2D eigenvalue weighted by molar-refractivity contribution is 0.673. The first kappa shape index (κ1) is 10.9. The Kier molecular flexibility index (Phi) is 2.79. The molecule has 3 nitrogen and oxygen atoms in total. The first-order valence-corrected chi connectivity index (χ1v) is 5.39. The molecule has 16 heavy (non-hydrogen) atoms. The van der Waals surface area contributed by atoms with E-state index in [1.165, 1.54) is 11.1 Å². The lowest BCUT2D eigenvalue weighted by Crippen LogP contribution is -2.16. The standard InChI is InChI=1S/C13H17N3/c1-9-6-10(2)8-11(7-9)13(14)12-4-5-15-16(12)3/h4-8,13H,14H2,1-3H3. The summed E-state index contributed by atoms with van der Waals surface area (Å²) in [6, 6.07) is 8.27. The number of hydrogen-bond donors (Lipinski definition) is 1. The van der Waals surface area contributed by atoms with E-state index >= 15 is 0 Å². The summed E-state index contributed by atoms with van der Waals surface area (Å²) in [5, 5.41) is 4.14. The Balaban J connectivity index is 2.41. The lowest BCUT2D eigenvalue weighted by atomic mass is 10.00. The number of aryl methyl sites for hydroxylation is 3. The van der Waals surface area contributed by atoms with Crippen LogP contribution in [0, 0.1) is 13.8 Å². The second-order valence-electron chi connectivity index (χ2n) is 4.28. The molecule has 0 radical (unpaired) electrons. The molecular weight excluding hydrogens is 198 g/mol. The van der Waals surface area contributed by atoms with Crippen molar-refractivity contribution in [3.63, 3.8) is 0 Å². The average Bonchev–Trinajstić information content (AvgIpc) is 2.62. The van der Waals surface area contributed by atoms with E-state index in [-0.39, 0.29) is 6.04 Å². The van der Waals surface area contributed by atoms with Gasteiger partial charge in [0.1, 0.15) is 0 Å². The van der Waals surface area contributed by atoms with Crippen molar-refractivity contribution in [3.05, 3.63) is 52.8 Å². The maximum atomic E-state index is 6.24. The Hall–Kier alpha value is -1.61. The predicted molar refractivity (Wildman–Crippen MR) is 65.2 cm³/mol. The molecule has 0 amide bonds. The van der Waals surface area contributed by atoms with Crippen LogP contribution in [0.3, 0.4) is 0 Å². The minimum atomic E-state index is -0.105. The molecule has 0 aliphatic heterocycles. The minimum Gasteiger partial charge on any atom is -0.319 e. The molecule has 0 fully saturated rings. The van der Waals surface area contributed by atoms with E-state index in [0.717, 1.165) is 11.3 Å². The zero-order valence-electron chi connectivity index (χ0n) is 9.94. The van der Waals surface area contributed by atoms with Crippen LogP contribution in [0.1, 0.15) is 28.4 Å². The van der Waals surface area contributed by atoms with Gasteiger partial charge < -0.3 is 5.73 Å². The molecule has 1 aromatic carbocycles. The Bertz CT molecular complexity index is 479. The Labute approximate surface area is 95.9 Å². The van der Waals surface area contributed by atoms with E-state index in [4.69, 9.17) is 5.73 Å². The molecule has 3 heteroatoms. The van der Waals surface area contributed by atoms with E-state index in [1.54, 1.807) is 6.20 Å². The summed E-state index contributed by atoms with van der Waals surface area (Å²) in [6.07, 6.45) is 1.78. The van der Waals surface area contributed by atoms with Crippen molar-refractivity contribution in [3.8, 4) is 0 Å². The van der Waals surface area contributed by atoms with Crippen molar-refractivity contribution < 1.29 is 0 Å². The van der Waals surface area contributed by atoms with Crippen LogP contribution in [-0.2, 0) is 7.05 Å². The number of rotatable bonds is 2. The first-order chi connectivity index (χ1) is 7.58. The lowest BCUT2D eigenvalue weighted by Gasteiger charge is -2.14. The monoisotopic (exact) mass is 215 g/mol. The molecule has 0 bridgehead atoms. The SMILES string of the molecule is Cc1cc(C)cc(C(N)c2ccnn2C)c1. The normalized spacial score (nSPS) is 12.8. The third-order valence-electron chi connectivity index (χ3n) is 2.78. The van der Waals surface area contributed by atoms with Gasteiger partial charge in [-0.3, -0.25) is 4.68 Å². The smallest absolute Gasteiger partial charge is 0.0723 e. The highest BCUT2D eigenvalue weighted by Gasteiger charge is 2.12. The van der Waals surface area contributed by atoms with Crippen LogP contribution < -0.4 is 5.73 Å². The Morgan fingerprint density at radius 1 is 1.19 bits per heavy atom. The number of aromatic nitrogens is 2. The summed E-state index contributed by atoms with van der Waals surface area (Å²) in [7, 11) is 1.91. The highest BCUT2D eigenvalue weighted by atomic mass is 15.3. The second-order valence-corrected chi connectivity index (χ2v) is 4.28. The van der Waals surface area contributed by atoms with Gasteiger partial charge in [0.15, 0.2) is 0 Å². The summed E-state index contributed by atoms with van der Waals surface area (Å²) in [5.74, 6) is 0. The van der Waals surface area contributed by atoms with Gasteiger partial charge in [-0.05, 0) is 25.5 Å². The summed E-state index contributed by atoms with van der Waals surface area (Å²) in [5.41, 5.74) is 10.9. The van der Waals surface area contributed by atoms with E-state index < -0.39 is 0 Å². The van der Waals surface area contributed by atoms with Crippen LogP contribution in [0.15, 0.2) is 30.5 Å². The van der Waals surface area contributed by atoms with Crippen molar-refractivity contribution in [1.29, 1.82) is 0 Å². The van der Waals surface area contributed by atoms with Gasteiger partial charge in [-0.25, -0.2) is 0 Å². The van der Waals surface area contributed by atoms with Crippen molar-refractivity contribution >= 4 is 0 Å². The van der Waals surface area contributed by atoms with E-state index in [1.807, 2.05) is 17.8 Å². The summed E-state index contributed by atoms with van der Waals surface area (Å²) >= 11 is 0. The fourth-order valence-electron chi connectivity index (χ4n) is 2.05. The Morgan fingerprint density at radius 2 is 1.81 bits per heavy atom. The first-order valence-electron chi connectivity index (χ1n) is 5.39. The summed E-state index contributed by atoms with van der Waals surface area (Å²) in [4.78, 5) is 0. The van der Waals surface area contributed by atoms with Crippen molar-refractivity contribution in [2.24, 2.45) is 12.8 Å². The molecule has 1 heterocycles. The van der Waals surface area contributed by atoms with E-state index in [2.05, 4.69) is 37.1 Å². The van der Waals surface area contributed by atoms with Crippen LogP contribution in [0.5, 0.6) is 0 Å². The third-order valence-corrected chi connectivity index (χ3v) is 2.78. The molecule has 2 rings (SSSR count). The largest absolute Gasteiger partial charge is 0.319 e. The fraction of sp³-hybridized carbons (Fsp3) is 0.308. The van der Waals surface area contributed by atoms with Gasteiger partial charge >= 0.3 is 0 Å². The topological polar surface area (TPSA) is 43.8 Å². The second kappa shape index (κ2) is 4.10. The maximum Gasteiger partial charge on any atom is 0.0723 e. The molecule has 2 aromatic rings. The van der Waals surface area contributed by atoms with Crippen LogP contribution in [0.25, 0.3) is 0 Å². The molecule has 0 aliphatic carbocycles. The maximum absolute atomic E-state index is 6.24. The van der Waals surface area contributed by atoms with Gasteiger partial charge in [-0.1, -0.05) is 29.3 Å². The predicted octanol–water partition coefficient (Wildman–Crippen LogP) is 2.09. The van der Waals surface area contributed by atoms with Crippen LogP contribution in [0.2, 0.25) is 0 Å². The van der Waals surface area contributed by atoms with Crippen LogP contribution in [-0.4, -0.2) is 9.78 Å². The number of nitrogens with zero attached hydrogens (tertiary/aromatic N) is 2. The van der Waals surface area contributed by atoms with Gasteiger partial charge in [0.05, 0.1) is 11.7 Å². The summed E-state index contributed by atoms with van der Waals surface area (Å²) in [6.45, 7) is 4.18. The molecule has 0 saturated carbocycles. The van der Waals surface area contributed by atoms with Crippen LogP contribution in [0.4, 0.5) is 0 Å². The van der Waals surface area contributed by atoms with E-state index in [9.17, 15) is 0 Å². The fourth-order valence-corrected chi connectivity index (χ4v) is 2.05. The highest BCUT2D eigenvalue weighted by molar-refractivity contribution is 5.34. The van der Waals surface area contributed by atoms with E-state index in [0.29, 0.717) is 0 Å². The molecule has 1 unspecified atom stereocenters. The number of hydrogen-bond acceptors (Lipinski definition) is 2. The molecule has 84 valence electrons. The summed E-state index contributed by atoms with van der Waals surface area (Å²) < 4.78 is 1.82. The quantitative estimate of drug-likeness (QED) is 0.833. The van der Waals surface area contributed by atoms with Gasteiger partial charge in [-0.15, -0.1) is 0 Å². The van der Waals surface area contributed by atoms with Crippen molar-refractivity contribution in [2.75, 3.05) is 0 Å². The average molecular weight is 215 g/mol. The third kappa shape index (κ3) is 1.99. The van der Waals surface area contributed by atoms with Gasteiger partial charge in [-0.2, -0.15) is 5.10 Å². The van der Waals surface area contributed by atoms with Crippen molar-refractivity contribution in [1.82, 2.24) is 9.78 Å². The number of benzene rings is 1. The highest BCUT2D eigenvalue weighted by Crippen LogP contribution is 2.21. The Morgan fingerprint density at radius 3 is 2.31 bits per heavy atom. The van der Waals surface area contributed by atoms with Crippen LogP contribution >= 0.6 is 0 Å². The zero-order valence-corrected chi connectivity index (χ0v) is 9.94. The van der Waals surface area contributed by atoms with Gasteiger partial charge in [0, 0.05) is 13.2 Å². The molecule has 0 aliphatic rings. The van der Waals surface area contributed by atoms with Gasteiger partial charge in [0.25, 0.3) is 0 Å². The molecule has 1 atom stereocenters. The molecule has 0 saturated heterocycles. The molecule has 1 aromatic heterocycles. The van der Waals surface area contributed by atoms with Gasteiger partial charge in [0.2, 0.25) is 0 Å². The minimum absolute atomic E-state index is 0.105. The molecular formula is C13H17N3. The zero-order chi connectivity index (χ0) is 11.7.